The third kappa shape index (κ3) is 3.32. The topological polar surface area (TPSA) is 101 Å². The molecule has 4 aromatic rings. The van der Waals surface area contributed by atoms with Gasteiger partial charge in [-0.2, -0.15) is 0 Å². The van der Waals surface area contributed by atoms with E-state index in [1.807, 2.05) is 25.3 Å². The third-order valence-electron chi connectivity index (χ3n) is 3.96. The molecule has 0 spiro atoms. The van der Waals surface area contributed by atoms with Gasteiger partial charge >= 0.3 is 5.97 Å². The highest BCUT2D eigenvalue weighted by Gasteiger charge is 2.15. The first-order valence-electron chi connectivity index (χ1n) is 8.03. The number of rotatable bonds is 4. The summed E-state index contributed by atoms with van der Waals surface area (Å²) in [4.78, 5) is 35.6. The number of nitrogens with one attached hydrogen (secondary N) is 2. The molecule has 0 aliphatic rings. The second-order valence-corrected chi connectivity index (χ2v) is 6.74. The molecule has 0 fully saturated rings. The van der Waals surface area contributed by atoms with Gasteiger partial charge in [0.05, 0.1) is 12.8 Å². The number of amides is 1. The molecule has 1 amide bonds. The lowest BCUT2D eigenvalue weighted by molar-refractivity contribution is 0.0594. The number of nitrogens with zero attached hydrogens (tertiary/aromatic N) is 3. The van der Waals surface area contributed by atoms with Crippen LogP contribution in [0.3, 0.4) is 0 Å². The van der Waals surface area contributed by atoms with Gasteiger partial charge in [0.25, 0.3) is 5.91 Å². The van der Waals surface area contributed by atoms with E-state index in [4.69, 9.17) is 0 Å². The zero-order chi connectivity index (χ0) is 19.0. The Morgan fingerprint density at radius 3 is 2.96 bits per heavy atom. The molecule has 4 rings (SSSR count). The number of methoxy groups -OCH3 is 1. The molecule has 9 heteroatoms. The lowest BCUT2D eigenvalue weighted by atomic mass is 10.2. The van der Waals surface area contributed by atoms with E-state index in [1.54, 1.807) is 28.2 Å². The van der Waals surface area contributed by atoms with Crippen LogP contribution in [0.1, 0.15) is 26.5 Å². The van der Waals surface area contributed by atoms with Gasteiger partial charge in [-0.05, 0) is 30.7 Å². The molecule has 0 aromatic carbocycles. The molecule has 4 aromatic heterocycles. The van der Waals surface area contributed by atoms with Crippen molar-refractivity contribution in [3.05, 3.63) is 59.1 Å². The number of H-pyrrole nitrogens is 1. The summed E-state index contributed by atoms with van der Waals surface area (Å²) in [6.07, 6.45) is 5.20. The summed E-state index contributed by atoms with van der Waals surface area (Å²) in [5, 5.41) is 5.00. The van der Waals surface area contributed by atoms with Crippen LogP contribution < -0.4 is 5.32 Å². The zero-order valence-corrected chi connectivity index (χ0v) is 15.3. The number of anilines is 1. The molecule has 8 nitrogen and oxygen atoms in total. The summed E-state index contributed by atoms with van der Waals surface area (Å²) >= 11 is 1.29. The van der Waals surface area contributed by atoms with Gasteiger partial charge in [-0.25, -0.2) is 14.8 Å². The fourth-order valence-corrected chi connectivity index (χ4v) is 3.30. The van der Waals surface area contributed by atoms with Crippen molar-refractivity contribution in [1.29, 1.82) is 0 Å². The number of ether oxygens (including phenoxy) is 1. The van der Waals surface area contributed by atoms with E-state index in [-0.39, 0.29) is 5.91 Å². The summed E-state index contributed by atoms with van der Waals surface area (Å²) in [6, 6.07) is 5.50. The first-order valence-corrected chi connectivity index (χ1v) is 8.91. The Bertz CT molecular complexity index is 1160. The summed E-state index contributed by atoms with van der Waals surface area (Å²) in [5.41, 5.74) is 3.81. The average molecular weight is 381 g/mol. The molecule has 0 unspecified atom stereocenters. The van der Waals surface area contributed by atoms with Crippen molar-refractivity contribution < 1.29 is 14.3 Å². The van der Waals surface area contributed by atoms with Crippen molar-refractivity contribution in [1.82, 2.24) is 19.4 Å². The number of carbonyl (C=O) groups is 2. The van der Waals surface area contributed by atoms with Crippen LogP contribution >= 0.6 is 11.3 Å². The number of imidazole rings is 1. The number of aryl methyl sites for hydroxylation is 1. The summed E-state index contributed by atoms with van der Waals surface area (Å²) < 4.78 is 6.47. The van der Waals surface area contributed by atoms with Crippen LogP contribution in [0.15, 0.2) is 42.2 Å². The molecular formula is C18H15N5O3S. The Hall–Kier alpha value is -3.46. The van der Waals surface area contributed by atoms with E-state index in [9.17, 15) is 9.59 Å². The Kier molecular flexibility index (Phi) is 4.21. The zero-order valence-electron chi connectivity index (χ0n) is 14.5. The number of carbonyl (C=O) groups excluding carboxylic acids is 2. The van der Waals surface area contributed by atoms with E-state index in [0.717, 1.165) is 11.1 Å². The van der Waals surface area contributed by atoms with Crippen LogP contribution in [-0.4, -0.2) is 38.3 Å². The highest BCUT2D eigenvalue weighted by Crippen LogP contribution is 2.26. The van der Waals surface area contributed by atoms with Gasteiger partial charge in [-0.15, -0.1) is 11.3 Å². The van der Waals surface area contributed by atoms with E-state index in [1.165, 1.54) is 18.4 Å². The van der Waals surface area contributed by atoms with E-state index < -0.39 is 5.97 Å². The Labute approximate surface area is 157 Å². The molecule has 136 valence electrons. The molecule has 0 aliphatic carbocycles. The van der Waals surface area contributed by atoms with Crippen LogP contribution in [0.2, 0.25) is 0 Å². The molecule has 0 atom stereocenters. The molecular weight excluding hydrogens is 366 g/mol. The number of fused-ring (bicyclic) bond motifs is 1. The van der Waals surface area contributed by atoms with Crippen molar-refractivity contribution in [3.63, 3.8) is 0 Å². The van der Waals surface area contributed by atoms with Crippen molar-refractivity contribution in [2.45, 2.75) is 6.92 Å². The lowest BCUT2D eigenvalue weighted by Crippen LogP contribution is -2.12. The number of thiazole rings is 1. The van der Waals surface area contributed by atoms with Crippen LogP contribution in [0.25, 0.3) is 16.9 Å². The van der Waals surface area contributed by atoms with Crippen LogP contribution in [0.4, 0.5) is 5.13 Å². The number of esters is 1. The minimum Gasteiger partial charge on any atom is -0.464 e. The Morgan fingerprint density at radius 1 is 1.30 bits per heavy atom. The van der Waals surface area contributed by atoms with Crippen LogP contribution in [-0.2, 0) is 4.74 Å². The second-order valence-electron chi connectivity index (χ2n) is 5.88. The Balaban J connectivity index is 1.52. The summed E-state index contributed by atoms with van der Waals surface area (Å²) in [7, 11) is 1.32. The highest BCUT2D eigenvalue weighted by atomic mass is 32.1. The number of aromatic amines is 1. The standard InChI is InChI=1S/C18H15N5O3S/c1-10-3-4-23-8-13(20-15(23)5-10)16(24)22-18-21-14(9-27-18)11-6-12(19-7-11)17(25)26-2/h3-9,19H,1-2H3,(H,21,22,24). The van der Waals surface area contributed by atoms with Crippen LogP contribution in [0, 0.1) is 6.92 Å². The molecule has 0 saturated heterocycles. The molecule has 0 aliphatic heterocycles. The number of hydrogen-bond acceptors (Lipinski definition) is 6. The molecule has 0 bridgehead atoms. The maximum atomic E-state index is 12.5. The number of pyridine rings is 1. The quantitative estimate of drug-likeness (QED) is 0.529. The van der Waals surface area contributed by atoms with Crippen molar-refractivity contribution in [3.8, 4) is 11.3 Å². The number of aromatic nitrogens is 4. The van der Waals surface area contributed by atoms with Gasteiger partial charge in [0.2, 0.25) is 0 Å². The van der Waals surface area contributed by atoms with E-state index in [0.29, 0.717) is 27.9 Å². The van der Waals surface area contributed by atoms with Crippen molar-refractivity contribution in [2.75, 3.05) is 12.4 Å². The predicted octanol–water partition coefficient (Wildman–Crippen LogP) is 3.13. The van der Waals surface area contributed by atoms with Gasteiger partial charge < -0.3 is 14.1 Å². The maximum Gasteiger partial charge on any atom is 0.354 e. The molecule has 0 radical (unpaired) electrons. The van der Waals surface area contributed by atoms with Gasteiger partial charge in [-0.3, -0.25) is 10.1 Å². The monoisotopic (exact) mass is 381 g/mol. The van der Waals surface area contributed by atoms with Crippen molar-refractivity contribution in [2.24, 2.45) is 0 Å². The first kappa shape index (κ1) is 17.0. The third-order valence-corrected chi connectivity index (χ3v) is 4.71. The molecule has 27 heavy (non-hydrogen) atoms. The summed E-state index contributed by atoms with van der Waals surface area (Å²) in [5.74, 6) is -0.784. The first-order chi connectivity index (χ1) is 13.0. The Morgan fingerprint density at radius 2 is 2.15 bits per heavy atom. The largest absolute Gasteiger partial charge is 0.464 e. The average Bonchev–Trinajstić information content (AvgIpc) is 3.39. The molecule has 0 saturated carbocycles. The smallest absolute Gasteiger partial charge is 0.354 e. The second kappa shape index (κ2) is 6.69. The fourth-order valence-electron chi connectivity index (χ4n) is 2.59. The highest BCUT2D eigenvalue weighted by molar-refractivity contribution is 7.14. The molecule has 2 N–H and O–H groups in total. The maximum absolute atomic E-state index is 12.5. The van der Waals surface area contributed by atoms with Gasteiger partial charge in [0.1, 0.15) is 17.0 Å². The van der Waals surface area contributed by atoms with E-state index >= 15 is 0 Å². The number of hydrogen-bond donors (Lipinski definition) is 2. The van der Waals surface area contributed by atoms with Gasteiger partial charge in [-0.1, -0.05) is 0 Å². The van der Waals surface area contributed by atoms with E-state index in [2.05, 4.69) is 25.0 Å². The summed E-state index contributed by atoms with van der Waals surface area (Å²) in [6.45, 7) is 1.97. The SMILES string of the molecule is COC(=O)c1cc(-c2csc(NC(=O)c3cn4ccc(C)cc4n3)n2)c[nH]1. The van der Waals surface area contributed by atoms with Crippen molar-refractivity contribution >= 4 is 34.0 Å². The molecule has 4 heterocycles. The fraction of sp³-hybridized carbons (Fsp3) is 0.111. The lowest BCUT2D eigenvalue weighted by Gasteiger charge is -1.97. The predicted molar refractivity (Wildman–Crippen MR) is 101 cm³/mol. The normalized spacial score (nSPS) is 10.9. The van der Waals surface area contributed by atoms with Crippen LogP contribution in [0.5, 0.6) is 0 Å². The minimum atomic E-state index is -0.452. The minimum absolute atomic E-state index is 0.312. The van der Waals surface area contributed by atoms with Gasteiger partial charge in [0.15, 0.2) is 5.13 Å². The van der Waals surface area contributed by atoms with Gasteiger partial charge in [0, 0.05) is 29.5 Å².